The van der Waals surface area contributed by atoms with Crippen LogP contribution in [0.15, 0.2) is 48.5 Å². The molecule has 2 aromatic carbocycles. The minimum atomic E-state index is -0.495. The molecule has 2 N–H and O–H groups in total. The van der Waals surface area contributed by atoms with Crippen molar-refractivity contribution >= 4 is 0 Å². The fraction of sp³-hybridized carbons (Fsp3) is 0.333. The fourth-order valence-electron chi connectivity index (χ4n) is 2.29. The first-order chi connectivity index (χ1) is 10.1. The van der Waals surface area contributed by atoms with Crippen LogP contribution in [0.2, 0.25) is 0 Å². The van der Waals surface area contributed by atoms with Crippen molar-refractivity contribution in [3.63, 3.8) is 0 Å². The molecule has 3 heteroatoms. The highest BCUT2D eigenvalue weighted by Crippen LogP contribution is 2.19. The molecule has 21 heavy (non-hydrogen) atoms. The van der Waals surface area contributed by atoms with E-state index < -0.39 is 6.10 Å². The van der Waals surface area contributed by atoms with Gasteiger partial charge in [0.15, 0.2) is 0 Å². The summed E-state index contributed by atoms with van der Waals surface area (Å²) in [6.07, 6.45) is -0.495. The summed E-state index contributed by atoms with van der Waals surface area (Å²) in [5.74, 6) is 0.853. The molecule has 0 radical (unpaired) electrons. The molecule has 2 atom stereocenters. The summed E-state index contributed by atoms with van der Waals surface area (Å²) in [6.45, 7) is 4.64. The van der Waals surface area contributed by atoms with Gasteiger partial charge in [0.25, 0.3) is 0 Å². The minimum absolute atomic E-state index is 0.176. The Hall–Kier alpha value is -1.84. The number of rotatable bonds is 6. The van der Waals surface area contributed by atoms with E-state index in [0.29, 0.717) is 6.54 Å². The largest absolute Gasteiger partial charge is 0.497 e. The topological polar surface area (TPSA) is 41.5 Å². The molecule has 0 bridgehead atoms. The van der Waals surface area contributed by atoms with Gasteiger partial charge in [-0.25, -0.2) is 0 Å². The van der Waals surface area contributed by atoms with Gasteiger partial charge >= 0.3 is 0 Å². The smallest absolute Gasteiger partial charge is 0.118 e. The Labute approximate surface area is 126 Å². The van der Waals surface area contributed by atoms with Crippen LogP contribution in [-0.4, -0.2) is 18.8 Å². The van der Waals surface area contributed by atoms with Gasteiger partial charge in [-0.15, -0.1) is 0 Å². The molecule has 0 fully saturated rings. The van der Waals surface area contributed by atoms with Crippen molar-refractivity contribution < 1.29 is 9.84 Å². The molecule has 0 aliphatic rings. The van der Waals surface area contributed by atoms with Gasteiger partial charge in [0.1, 0.15) is 5.75 Å². The quantitative estimate of drug-likeness (QED) is 0.855. The van der Waals surface area contributed by atoms with Crippen LogP contribution in [0.5, 0.6) is 5.75 Å². The van der Waals surface area contributed by atoms with Crippen LogP contribution in [0.1, 0.15) is 35.8 Å². The zero-order valence-corrected chi connectivity index (χ0v) is 12.8. The lowest BCUT2D eigenvalue weighted by molar-refractivity contribution is 0.170. The van der Waals surface area contributed by atoms with Crippen LogP contribution in [0, 0.1) is 6.92 Å². The molecular weight excluding hydrogens is 262 g/mol. The van der Waals surface area contributed by atoms with Gasteiger partial charge in [-0.1, -0.05) is 42.0 Å². The molecule has 0 aromatic heterocycles. The zero-order chi connectivity index (χ0) is 15.2. The predicted octanol–water partition coefficient (Wildman–Crippen LogP) is 3.39. The summed E-state index contributed by atoms with van der Waals surface area (Å²) in [6, 6.07) is 16.1. The average molecular weight is 285 g/mol. The normalized spacial score (nSPS) is 13.7. The lowest BCUT2D eigenvalue weighted by Gasteiger charge is -2.18. The molecule has 0 amide bonds. The van der Waals surface area contributed by atoms with Gasteiger partial charge in [0, 0.05) is 12.6 Å². The third kappa shape index (κ3) is 4.31. The Balaban J connectivity index is 1.92. The van der Waals surface area contributed by atoms with E-state index in [-0.39, 0.29) is 6.04 Å². The van der Waals surface area contributed by atoms with E-state index >= 15 is 0 Å². The van der Waals surface area contributed by atoms with Crippen LogP contribution in [0.25, 0.3) is 0 Å². The van der Waals surface area contributed by atoms with E-state index in [1.165, 1.54) is 5.56 Å². The molecule has 112 valence electrons. The van der Waals surface area contributed by atoms with Gasteiger partial charge in [-0.2, -0.15) is 0 Å². The van der Waals surface area contributed by atoms with Crippen molar-refractivity contribution in [3.8, 4) is 5.75 Å². The molecule has 2 aromatic rings. The SMILES string of the molecule is COc1ccc(C(C)NCC(O)c2cccc(C)c2)cc1. The van der Waals surface area contributed by atoms with Gasteiger partial charge in [-0.3, -0.25) is 0 Å². The van der Waals surface area contributed by atoms with Crippen molar-refractivity contribution in [1.29, 1.82) is 0 Å². The number of benzene rings is 2. The zero-order valence-electron chi connectivity index (χ0n) is 12.8. The molecule has 2 rings (SSSR count). The molecule has 0 aliphatic carbocycles. The van der Waals surface area contributed by atoms with E-state index in [0.717, 1.165) is 16.9 Å². The summed E-state index contributed by atoms with van der Waals surface area (Å²) < 4.78 is 5.16. The van der Waals surface area contributed by atoms with Crippen molar-refractivity contribution in [2.24, 2.45) is 0 Å². The minimum Gasteiger partial charge on any atom is -0.497 e. The first-order valence-electron chi connectivity index (χ1n) is 7.22. The van der Waals surface area contributed by atoms with Crippen LogP contribution in [0.4, 0.5) is 0 Å². The molecule has 0 spiro atoms. The maximum absolute atomic E-state index is 10.2. The first-order valence-corrected chi connectivity index (χ1v) is 7.22. The highest BCUT2D eigenvalue weighted by molar-refractivity contribution is 5.29. The second-order valence-electron chi connectivity index (χ2n) is 5.33. The monoisotopic (exact) mass is 285 g/mol. The molecule has 0 aliphatic heterocycles. The number of nitrogens with one attached hydrogen (secondary N) is 1. The van der Waals surface area contributed by atoms with Crippen molar-refractivity contribution in [3.05, 3.63) is 65.2 Å². The van der Waals surface area contributed by atoms with Gasteiger partial charge < -0.3 is 15.2 Å². The average Bonchev–Trinajstić information content (AvgIpc) is 2.52. The van der Waals surface area contributed by atoms with Crippen molar-refractivity contribution in [2.75, 3.05) is 13.7 Å². The molecule has 0 saturated carbocycles. The van der Waals surface area contributed by atoms with E-state index in [9.17, 15) is 5.11 Å². The standard InChI is InChI=1S/C18H23NO2/c1-13-5-4-6-16(11-13)18(20)12-19-14(2)15-7-9-17(21-3)10-8-15/h4-11,14,18-20H,12H2,1-3H3. The lowest BCUT2D eigenvalue weighted by atomic mass is 10.1. The Morgan fingerprint density at radius 1 is 1.10 bits per heavy atom. The summed E-state index contributed by atoms with van der Waals surface area (Å²) >= 11 is 0. The lowest BCUT2D eigenvalue weighted by Crippen LogP contribution is -2.24. The highest BCUT2D eigenvalue weighted by atomic mass is 16.5. The van der Waals surface area contributed by atoms with Gasteiger partial charge in [0.2, 0.25) is 0 Å². The Morgan fingerprint density at radius 2 is 1.81 bits per heavy atom. The Morgan fingerprint density at radius 3 is 2.43 bits per heavy atom. The summed E-state index contributed by atoms with van der Waals surface area (Å²) in [5.41, 5.74) is 3.28. The third-order valence-electron chi connectivity index (χ3n) is 3.66. The molecule has 0 saturated heterocycles. The number of aliphatic hydroxyl groups excluding tert-OH is 1. The maximum atomic E-state index is 10.2. The van der Waals surface area contributed by atoms with E-state index in [1.54, 1.807) is 7.11 Å². The number of methoxy groups -OCH3 is 1. The van der Waals surface area contributed by atoms with E-state index in [2.05, 4.69) is 12.2 Å². The Bertz CT molecular complexity index is 566. The van der Waals surface area contributed by atoms with Crippen molar-refractivity contribution in [2.45, 2.75) is 26.0 Å². The van der Waals surface area contributed by atoms with Crippen LogP contribution in [-0.2, 0) is 0 Å². The number of hydrogen-bond acceptors (Lipinski definition) is 3. The third-order valence-corrected chi connectivity index (χ3v) is 3.66. The van der Waals surface area contributed by atoms with Gasteiger partial charge in [-0.05, 0) is 37.1 Å². The summed E-state index contributed by atoms with van der Waals surface area (Å²) in [4.78, 5) is 0. The Kier molecular flexibility index (Phi) is 5.37. The highest BCUT2D eigenvalue weighted by Gasteiger charge is 2.10. The van der Waals surface area contributed by atoms with Crippen LogP contribution in [0.3, 0.4) is 0 Å². The predicted molar refractivity (Wildman–Crippen MR) is 85.6 cm³/mol. The first kappa shape index (κ1) is 15.5. The maximum Gasteiger partial charge on any atom is 0.118 e. The molecular formula is C18H23NO2. The molecule has 3 nitrogen and oxygen atoms in total. The van der Waals surface area contributed by atoms with Crippen LogP contribution < -0.4 is 10.1 Å². The number of ether oxygens (including phenoxy) is 1. The molecule has 2 unspecified atom stereocenters. The second-order valence-corrected chi connectivity index (χ2v) is 5.33. The molecule has 0 heterocycles. The summed E-state index contributed by atoms with van der Waals surface area (Å²) in [7, 11) is 1.66. The number of hydrogen-bond donors (Lipinski definition) is 2. The van der Waals surface area contributed by atoms with Gasteiger partial charge in [0.05, 0.1) is 13.2 Å². The van der Waals surface area contributed by atoms with E-state index in [1.807, 2.05) is 55.5 Å². The van der Waals surface area contributed by atoms with Crippen molar-refractivity contribution in [1.82, 2.24) is 5.32 Å². The second kappa shape index (κ2) is 7.25. The van der Waals surface area contributed by atoms with Crippen LogP contribution >= 0.6 is 0 Å². The number of aliphatic hydroxyl groups is 1. The number of aryl methyl sites for hydroxylation is 1. The summed E-state index contributed by atoms with van der Waals surface area (Å²) in [5, 5.41) is 13.6. The van der Waals surface area contributed by atoms with E-state index in [4.69, 9.17) is 4.74 Å². The fourth-order valence-corrected chi connectivity index (χ4v) is 2.29.